The molecule has 0 aliphatic carbocycles. The summed E-state index contributed by atoms with van der Waals surface area (Å²) in [5.74, 6) is -0.495. The van der Waals surface area contributed by atoms with Crippen molar-refractivity contribution < 1.29 is 27.1 Å². The van der Waals surface area contributed by atoms with Crippen molar-refractivity contribution >= 4 is 16.3 Å². The van der Waals surface area contributed by atoms with Crippen LogP contribution in [-0.2, 0) is 21.7 Å². The van der Waals surface area contributed by atoms with Crippen molar-refractivity contribution in [3.8, 4) is 0 Å². The van der Waals surface area contributed by atoms with Crippen LogP contribution in [0.15, 0.2) is 6.20 Å². The molecule has 0 radical (unpaired) electrons. The highest BCUT2D eigenvalue weighted by Gasteiger charge is 2.08. The average Bonchev–Trinajstić information content (AvgIpc) is 2.49. The molecular weight excluding hydrogens is 242 g/mol. The number of methoxy groups -OCH3 is 1. The van der Waals surface area contributed by atoms with Gasteiger partial charge in [0.1, 0.15) is 0 Å². The molecule has 9 nitrogen and oxygen atoms in total. The van der Waals surface area contributed by atoms with Gasteiger partial charge in [0.25, 0.3) is 5.91 Å². The van der Waals surface area contributed by atoms with Crippen molar-refractivity contribution in [2.24, 2.45) is 5.73 Å². The minimum atomic E-state index is -4.67. The summed E-state index contributed by atoms with van der Waals surface area (Å²) in [6.07, 6.45) is 1.39. The monoisotopic (exact) mass is 253 g/mol. The van der Waals surface area contributed by atoms with Crippen molar-refractivity contribution in [1.29, 1.82) is 0 Å². The summed E-state index contributed by atoms with van der Waals surface area (Å²) in [5.41, 5.74) is 6.03. The molecule has 1 amide bonds. The summed E-state index contributed by atoms with van der Waals surface area (Å²) in [4.78, 5) is 10.7. The summed E-state index contributed by atoms with van der Waals surface area (Å²) >= 11 is 0. The van der Waals surface area contributed by atoms with Crippen LogP contribution >= 0.6 is 0 Å². The largest absolute Gasteiger partial charge is 0.394 e. The fraction of sp³-hybridized carbons (Fsp3) is 0.333. The van der Waals surface area contributed by atoms with Crippen LogP contribution in [0.4, 0.5) is 0 Å². The number of nitrogens with two attached hydrogens (primary N) is 1. The highest BCUT2D eigenvalue weighted by Crippen LogP contribution is 2.03. The van der Waals surface area contributed by atoms with E-state index in [0.29, 0.717) is 17.9 Å². The molecule has 0 fully saturated rings. The van der Waals surface area contributed by atoms with Crippen molar-refractivity contribution in [3.05, 3.63) is 17.5 Å². The number of H-pyrrole nitrogens is 1. The minimum absolute atomic E-state index is 0.318. The van der Waals surface area contributed by atoms with Gasteiger partial charge in [-0.1, -0.05) is 0 Å². The summed E-state index contributed by atoms with van der Waals surface area (Å²) in [5, 5.41) is 6.27. The third-order valence-corrected chi connectivity index (χ3v) is 1.27. The number of rotatable bonds is 3. The number of hydrogen-bond acceptors (Lipinski definition) is 5. The molecule has 5 N–H and O–H groups in total. The summed E-state index contributed by atoms with van der Waals surface area (Å²) in [7, 11) is -3.13. The van der Waals surface area contributed by atoms with Crippen molar-refractivity contribution in [2.75, 3.05) is 7.11 Å². The lowest BCUT2D eigenvalue weighted by atomic mass is 10.2. The predicted molar refractivity (Wildman–Crippen MR) is 52.0 cm³/mol. The van der Waals surface area contributed by atoms with E-state index in [1.165, 1.54) is 13.3 Å². The second kappa shape index (κ2) is 6.17. The van der Waals surface area contributed by atoms with Crippen molar-refractivity contribution in [2.45, 2.75) is 6.61 Å². The highest BCUT2D eigenvalue weighted by atomic mass is 32.3. The first-order chi connectivity index (χ1) is 7.25. The Balaban J connectivity index is 0.000000385. The number of carbonyl (C=O) groups is 1. The van der Waals surface area contributed by atoms with Gasteiger partial charge in [0.15, 0.2) is 0 Å². The zero-order valence-electron chi connectivity index (χ0n) is 8.24. The lowest BCUT2D eigenvalue weighted by Gasteiger charge is -1.95. The fourth-order valence-electron chi connectivity index (χ4n) is 0.780. The maximum atomic E-state index is 10.7. The maximum Gasteiger partial charge on any atom is 0.394 e. The standard InChI is InChI=1S/C6H9N3O2.H2O4S/c1-11-3-5-4(6(7)10)2-8-9-5;1-5(2,3)4/h2H,3H2,1H3,(H2,7,10)(H,8,9);(H2,1,2,3,4). The first-order valence-electron chi connectivity index (χ1n) is 3.76. The average molecular weight is 253 g/mol. The molecule has 0 spiro atoms. The van der Waals surface area contributed by atoms with E-state index in [1.807, 2.05) is 0 Å². The molecule has 0 unspecified atom stereocenters. The van der Waals surface area contributed by atoms with Crippen LogP contribution in [-0.4, -0.2) is 40.7 Å². The molecule has 92 valence electrons. The number of aromatic nitrogens is 2. The van der Waals surface area contributed by atoms with Crippen LogP contribution in [0, 0.1) is 0 Å². The molecule has 0 bridgehead atoms. The molecule has 0 atom stereocenters. The van der Waals surface area contributed by atoms with Gasteiger partial charge in [-0.2, -0.15) is 13.5 Å². The number of carbonyl (C=O) groups excluding carboxylic acids is 1. The Labute approximate surface area is 91.2 Å². The van der Waals surface area contributed by atoms with E-state index >= 15 is 0 Å². The van der Waals surface area contributed by atoms with Crippen LogP contribution in [0.25, 0.3) is 0 Å². The van der Waals surface area contributed by atoms with Gasteiger partial charge in [-0.3, -0.25) is 19.0 Å². The zero-order valence-corrected chi connectivity index (χ0v) is 9.06. The van der Waals surface area contributed by atoms with Gasteiger partial charge in [0, 0.05) is 7.11 Å². The van der Waals surface area contributed by atoms with E-state index in [2.05, 4.69) is 10.2 Å². The quantitative estimate of drug-likeness (QED) is 0.503. The Morgan fingerprint density at radius 3 is 2.50 bits per heavy atom. The van der Waals surface area contributed by atoms with Gasteiger partial charge in [0.05, 0.1) is 24.1 Å². The molecule has 1 aromatic rings. The van der Waals surface area contributed by atoms with E-state index in [0.717, 1.165) is 0 Å². The van der Waals surface area contributed by atoms with Crippen LogP contribution in [0.5, 0.6) is 0 Å². The molecule has 10 heteroatoms. The molecule has 0 aromatic carbocycles. The smallest absolute Gasteiger partial charge is 0.378 e. The molecule has 0 saturated heterocycles. The molecule has 1 heterocycles. The van der Waals surface area contributed by atoms with Crippen LogP contribution < -0.4 is 5.73 Å². The van der Waals surface area contributed by atoms with Crippen molar-refractivity contribution in [3.63, 3.8) is 0 Å². The van der Waals surface area contributed by atoms with Gasteiger partial charge < -0.3 is 10.5 Å². The van der Waals surface area contributed by atoms with E-state index in [1.54, 1.807) is 0 Å². The summed E-state index contributed by atoms with van der Waals surface area (Å²) in [6.45, 7) is 0.318. The number of primary amides is 1. The lowest BCUT2D eigenvalue weighted by molar-refractivity contribution is 0.0995. The third-order valence-electron chi connectivity index (χ3n) is 1.27. The second-order valence-electron chi connectivity index (χ2n) is 2.51. The molecule has 0 saturated carbocycles. The normalized spacial score (nSPS) is 10.4. The van der Waals surface area contributed by atoms with Crippen LogP contribution in [0.3, 0.4) is 0 Å². The Hall–Kier alpha value is -1.49. The van der Waals surface area contributed by atoms with Crippen LogP contribution in [0.1, 0.15) is 16.1 Å². The topological polar surface area (TPSA) is 156 Å². The number of nitrogens with zero attached hydrogens (tertiary/aromatic N) is 1. The number of amides is 1. The number of aromatic amines is 1. The zero-order chi connectivity index (χ0) is 12.8. The van der Waals surface area contributed by atoms with E-state index in [4.69, 9.17) is 28.0 Å². The molecular formula is C6H11N3O6S. The van der Waals surface area contributed by atoms with Gasteiger partial charge in [0.2, 0.25) is 0 Å². The Kier molecular flexibility index (Phi) is 5.60. The molecule has 1 aromatic heterocycles. The van der Waals surface area contributed by atoms with E-state index in [-0.39, 0.29) is 0 Å². The van der Waals surface area contributed by atoms with Gasteiger partial charge in [-0.25, -0.2) is 0 Å². The lowest BCUT2D eigenvalue weighted by Crippen LogP contribution is -2.12. The van der Waals surface area contributed by atoms with Crippen LogP contribution in [0.2, 0.25) is 0 Å². The second-order valence-corrected chi connectivity index (χ2v) is 3.40. The summed E-state index contributed by atoms with van der Waals surface area (Å²) in [6, 6.07) is 0. The fourth-order valence-corrected chi connectivity index (χ4v) is 0.780. The minimum Gasteiger partial charge on any atom is -0.378 e. The number of hydrogen-bond donors (Lipinski definition) is 4. The van der Waals surface area contributed by atoms with Gasteiger partial charge in [-0.15, -0.1) is 0 Å². The first kappa shape index (κ1) is 14.5. The maximum absolute atomic E-state index is 10.7. The summed E-state index contributed by atoms with van der Waals surface area (Å²) < 4.78 is 36.4. The van der Waals surface area contributed by atoms with Gasteiger partial charge >= 0.3 is 10.4 Å². The van der Waals surface area contributed by atoms with Crippen molar-refractivity contribution in [1.82, 2.24) is 10.2 Å². The molecule has 1 rings (SSSR count). The molecule has 0 aliphatic rings. The number of ether oxygens (including phenoxy) is 1. The Bertz CT molecular complexity index is 431. The molecule has 0 aliphatic heterocycles. The van der Waals surface area contributed by atoms with E-state index in [9.17, 15) is 4.79 Å². The predicted octanol–water partition coefficient (Wildman–Crippen LogP) is -0.998. The Morgan fingerprint density at radius 2 is 2.12 bits per heavy atom. The molecule has 16 heavy (non-hydrogen) atoms. The Morgan fingerprint density at radius 1 is 1.62 bits per heavy atom. The van der Waals surface area contributed by atoms with E-state index < -0.39 is 16.3 Å². The SMILES string of the molecule is COCc1[nH]ncc1C(N)=O.O=S(=O)(O)O. The number of nitrogens with one attached hydrogen (secondary N) is 1. The first-order valence-corrected chi connectivity index (χ1v) is 5.16. The third kappa shape index (κ3) is 6.89. The van der Waals surface area contributed by atoms with Gasteiger partial charge in [-0.05, 0) is 0 Å². The highest BCUT2D eigenvalue weighted by molar-refractivity contribution is 7.79.